The van der Waals surface area contributed by atoms with Gasteiger partial charge in [0.1, 0.15) is 0 Å². The van der Waals surface area contributed by atoms with Crippen molar-refractivity contribution in [1.82, 2.24) is 0 Å². The largest absolute Gasteiger partial charge is 0.504 e. The fourth-order valence-electron chi connectivity index (χ4n) is 5.39. The van der Waals surface area contributed by atoms with Gasteiger partial charge in [-0.15, -0.1) is 0 Å². The molecule has 1 fully saturated rings. The van der Waals surface area contributed by atoms with Crippen molar-refractivity contribution in [1.29, 1.82) is 0 Å². The zero-order chi connectivity index (χ0) is 28.4. The average molecular weight is 560 g/mol. The van der Waals surface area contributed by atoms with Crippen LogP contribution in [0.1, 0.15) is 48.8 Å². The van der Waals surface area contributed by atoms with Gasteiger partial charge in [0.15, 0.2) is 11.9 Å². The molecule has 0 saturated heterocycles. The number of aliphatic hydroxyl groups is 1. The molecule has 0 aromatic heterocycles. The summed E-state index contributed by atoms with van der Waals surface area (Å²) in [5.41, 5.74) is 2.88. The standard InChI is InChI=1S/C32H33NO6S/c1-3-22(18-21-8-5-4-6-9-21)31-30(35)29(34)28(32(36)39-31)27(23-14-15-23)24-10-7-11-25(19-24)33-40(37,38)26-16-12-20(2)13-17-26/h4-13,16-17,19,22-23,27,31,33-34H,3,14-15,18H2,1-2H3. The first-order valence-electron chi connectivity index (χ1n) is 13.6. The molecule has 0 radical (unpaired) electrons. The fourth-order valence-corrected chi connectivity index (χ4v) is 6.44. The molecule has 40 heavy (non-hydrogen) atoms. The van der Waals surface area contributed by atoms with Crippen molar-refractivity contribution in [2.24, 2.45) is 11.8 Å². The molecular weight excluding hydrogens is 526 g/mol. The Hall–Kier alpha value is -3.91. The van der Waals surface area contributed by atoms with Crippen LogP contribution in [0.25, 0.3) is 0 Å². The van der Waals surface area contributed by atoms with Gasteiger partial charge >= 0.3 is 5.97 Å². The lowest BCUT2D eigenvalue weighted by Gasteiger charge is -2.31. The minimum Gasteiger partial charge on any atom is -0.504 e. The number of esters is 1. The second-order valence-electron chi connectivity index (χ2n) is 10.7. The van der Waals surface area contributed by atoms with Crippen LogP contribution < -0.4 is 4.72 Å². The molecule has 1 aliphatic carbocycles. The number of hydrogen-bond acceptors (Lipinski definition) is 6. The predicted molar refractivity (Wildman–Crippen MR) is 152 cm³/mol. The summed E-state index contributed by atoms with van der Waals surface area (Å²) in [5.74, 6) is -2.66. The molecule has 0 spiro atoms. The van der Waals surface area contributed by atoms with Gasteiger partial charge in [-0.3, -0.25) is 9.52 Å². The zero-order valence-electron chi connectivity index (χ0n) is 22.5. The molecule has 0 bridgehead atoms. The van der Waals surface area contributed by atoms with Crippen molar-refractivity contribution in [3.05, 3.63) is 107 Å². The van der Waals surface area contributed by atoms with Gasteiger partial charge in [-0.1, -0.05) is 67.1 Å². The lowest BCUT2D eigenvalue weighted by molar-refractivity contribution is -0.158. The van der Waals surface area contributed by atoms with Crippen molar-refractivity contribution in [3.63, 3.8) is 0 Å². The number of rotatable bonds is 10. The Morgan fingerprint density at radius 2 is 1.68 bits per heavy atom. The maximum atomic E-state index is 13.4. The number of ether oxygens (including phenoxy) is 1. The summed E-state index contributed by atoms with van der Waals surface area (Å²) in [6, 6.07) is 23.0. The smallest absolute Gasteiger partial charge is 0.339 e. The first kappa shape index (κ1) is 27.6. The van der Waals surface area contributed by atoms with E-state index in [1.165, 1.54) is 0 Å². The van der Waals surface area contributed by atoms with E-state index in [-0.39, 0.29) is 22.3 Å². The van der Waals surface area contributed by atoms with Gasteiger partial charge in [0.25, 0.3) is 10.0 Å². The van der Waals surface area contributed by atoms with E-state index in [9.17, 15) is 23.1 Å². The summed E-state index contributed by atoms with van der Waals surface area (Å²) >= 11 is 0. The zero-order valence-corrected chi connectivity index (χ0v) is 23.4. The number of cyclic esters (lactones) is 1. The molecule has 3 aromatic rings. The molecule has 5 rings (SSSR count). The van der Waals surface area contributed by atoms with Gasteiger partial charge in [0.2, 0.25) is 5.78 Å². The maximum Gasteiger partial charge on any atom is 0.339 e. The second-order valence-corrected chi connectivity index (χ2v) is 12.4. The summed E-state index contributed by atoms with van der Waals surface area (Å²) in [7, 11) is -3.84. The van der Waals surface area contributed by atoms with Crippen LogP contribution in [0.4, 0.5) is 5.69 Å². The quantitative estimate of drug-likeness (QED) is 0.301. The van der Waals surface area contributed by atoms with Crippen molar-refractivity contribution < 1.29 is 27.9 Å². The SMILES string of the molecule is CCC(Cc1ccccc1)C1OC(=O)C(C(c2cccc(NS(=O)(=O)c3ccc(C)cc3)c2)C2CC2)=C(O)C1=O. The Bertz CT molecular complexity index is 1540. The van der Waals surface area contributed by atoms with E-state index in [1.807, 2.05) is 44.2 Å². The highest BCUT2D eigenvalue weighted by Crippen LogP contribution is 2.49. The topological polar surface area (TPSA) is 110 Å². The Morgan fingerprint density at radius 1 is 0.975 bits per heavy atom. The minimum atomic E-state index is -3.84. The monoisotopic (exact) mass is 559 g/mol. The third-order valence-electron chi connectivity index (χ3n) is 7.73. The number of carbonyl (C=O) groups is 2. The van der Waals surface area contributed by atoms with Crippen LogP contribution in [0.5, 0.6) is 0 Å². The molecule has 3 atom stereocenters. The molecule has 3 aromatic carbocycles. The molecule has 208 valence electrons. The fraction of sp³-hybridized carbons (Fsp3) is 0.312. The van der Waals surface area contributed by atoms with Gasteiger partial charge < -0.3 is 9.84 Å². The molecule has 8 heteroatoms. The van der Waals surface area contributed by atoms with Crippen LogP contribution in [-0.2, 0) is 30.8 Å². The number of hydrogen-bond donors (Lipinski definition) is 2. The number of benzene rings is 3. The molecular formula is C32H33NO6S. The van der Waals surface area contributed by atoms with Gasteiger partial charge in [0, 0.05) is 17.5 Å². The van der Waals surface area contributed by atoms with Crippen LogP contribution in [0, 0.1) is 18.8 Å². The molecule has 2 aliphatic rings. The molecule has 1 heterocycles. The molecule has 1 saturated carbocycles. The average Bonchev–Trinajstić information content (AvgIpc) is 3.78. The Morgan fingerprint density at radius 3 is 2.33 bits per heavy atom. The molecule has 7 nitrogen and oxygen atoms in total. The Labute approximate surface area is 234 Å². The van der Waals surface area contributed by atoms with E-state index in [2.05, 4.69) is 4.72 Å². The molecule has 0 amide bonds. The van der Waals surface area contributed by atoms with Crippen molar-refractivity contribution in [3.8, 4) is 0 Å². The van der Waals surface area contributed by atoms with Gasteiger partial charge in [-0.25, -0.2) is 13.2 Å². The van der Waals surface area contributed by atoms with Crippen LogP contribution in [0.15, 0.2) is 95.1 Å². The third kappa shape index (κ3) is 5.82. The maximum absolute atomic E-state index is 13.4. The van der Waals surface area contributed by atoms with Crippen LogP contribution in [-0.4, -0.2) is 31.4 Å². The van der Waals surface area contributed by atoms with Gasteiger partial charge in [-0.2, -0.15) is 0 Å². The number of anilines is 1. The van der Waals surface area contributed by atoms with E-state index < -0.39 is 39.6 Å². The highest BCUT2D eigenvalue weighted by Gasteiger charge is 2.47. The number of sulfonamides is 1. The molecule has 3 unspecified atom stereocenters. The van der Waals surface area contributed by atoms with Crippen LogP contribution in [0.2, 0.25) is 0 Å². The number of nitrogens with one attached hydrogen (secondary N) is 1. The lowest BCUT2D eigenvalue weighted by atomic mass is 9.81. The van der Waals surface area contributed by atoms with E-state index in [0.717, 1.165) is 24.0 Å². The Kier molecular flexibility index (Phi) is 7.81. The van der Waals surface area contributed by atoms with Gasteiger partial charge in [-0.05, 0) is 73.9 Å². The first-order valence-corrected chi connectivity index (χ1v) is 15.1. The number of aliphatic hydroxyl groups excluding tert-OH is 1. The second kappa shape index (κ2) is 11.3. The molecule has 2 N–H and O–H groups in total. The number of Topliss-reactive ketones (excluding diaryl/α,β-unsaturated/α-hetero) is 1. The summed E-state index contributed by atoms with van der Waals surface area (Å²) in [4.78, 5) is 26.9. The van der Waals surface area contributed by atoms with Crippen LogP contribution >= 0.6 is 0 Å². The predicted octanol–water partition coefficient (Wildman–Crippen LogP) is 5.86. The highest BCUT2D eigenvalue weighted by molar-refractivity contribution is 7.92. The summed E-state index contributed by atoms with van der Waals surface area (Å²) in [6.45, 7) is 3.81. The van der Waals surface area contributed by atoms with E-state index in [4.69, 9.17) is 4.74 Å². The van der Waals surface area contributed by atoms with E-state index in [0.29, 0.717) is 24.1 Å². The van der Waals surface area contributed by atoms with E-state index >= 15 is 0 Å². The minimum absolute atomic E-state index is 0.0318. The highest BCUT2D eigenvalue weighted by atomic mass is 32.2. The normalized spacial score (nSPS) is 19.2. The lowest BCUT2D eigenvalue weighted by Crippen LogP contribution is -2.42. The number of aryl methyl sites for hydroxylation is 1. The van der Waals surface area contributed by atoms with Crippen molar-refractivity contribution in [2.45, 2.75) is 56.4 Å². The first-order chi connectivity index (χ1) is 19.2. The van der Waals surface area contributed by atoms with Crippen molar-refractivity contribution >= 4 is 27.5 Å². The van der Waals surface area contributed by atoms with E-state index in [1.54, 1.807) is 48.5 Å². The number of carbonyl (C=O) groups excluding carboxylic acids is 2. The van der Waals surface area contributed by atoms with Crippen molar-refractivity contribution in [2.75, 3.05) is 4.72 Å². The summed E-state index contributed by atoms with van der Waals surface area (Å²) < 4.78 is 34.3. The summed E-state index contributed by atoms with van der Waals surface area (Å²) in [5, 5.41) is 11.1. The Balaban J connectivity index is 1.43. The van der Waals surface area contributed by atoms with Crippen LogP contribution in [0.3, 0.4) is 0 Å². The summed E-state index contributed by atoms with van der Waals surface area (Å²) in [6.07, 6.45) is 1.71. The molecule has 1 aliphatic heterocycles. The van der Waals surface area contributed by atoms with Gasteiger partial charge in [0.05, 0.1) is 10.5 Å². The number of ketones is 1. The third-order valence-corrected chi connectivity index (χ3v) is 9.12.